The van der Waals surface area contributed by atoms with Gasteiger partial charge in [0, 0.05) is 25.4 Å². The Labute approximate surface area is 155 Å². The third-order valence-corrected chi connectivity index (χ3v) is 5.01. The number of nitrogens with one attached hydrogen (secondary N) is 1. The van der Waals surface area contributed by atoms with Crippen LogP contribution < -0.4 is 5.32 Å². The van der Waals surface area contributed by atoms with Crippen LogP contribution in [-0.4, -0.2) is 40.4 Å². The molecule has 1 amide bonds. The second-order valence-corrected chi connectivity index (χ2v) is 6.83. The monoisotopic (exact) mass is 352 g/mol. The van der Waals surface area contributed by atoms with Crippen molar-refractivity contribution in [1.29, 1.82) is 0 Å². The summed E-state index contributed by atoms with van der Waals surface area (Å²) in [4.78, 5) is 23.5. The van der Waals surface area contributed by atoms with E-state index >= 15 is 0 Å². The first-order valence-corrected chi connectivity index (χ1v) is 9.66. The summed E-state index contributed by atoms with van der Waals surface area (Å²) in [5, 5.41) is 3.09. The van der Waals surface area contributed by atoms with Gasteiger partial charge in [-0.05, 0) is 31.5 Å². The van der Waals surface area contributed by atoms with Crippen molar-refractivity contribution in [2.24, 2.45) is 0 Å². The lowest BCUT2D eigenvalue weighted by Crippen LogP contribution is -2.38. The molecule has 0 radical (unpaired) electrons. The molecule has 1 aliphatic heterocycles. The lowest BCUT2D eigenvalue weighted by molar-refractivity contribution is 0.0932. The molecule has 1 saturated heterocycles. The SMILES string of the molecule is CCc1ncc(C(=O)NC[C@@H](c2ccccc2)N2CCCCCC2)cn1. The number of amides is 1. The average molecular weight is 352 g/mol. The highest BCUT2D eigenvalue weighted by Crippen LogP contribution is 2.23. The van der Waals surface area contributed by atoms with E-state index in [1.807, 2.05) is 13.0 Å². The molecule has 1 aromatic carbocycles. The summed E-state index contributed by atoms with van der Waals surface area (Å²) in [6, 6.07) is 10.7. The maximum atomic E-state index is 12.5. The highest BCUT2D eigenvalue weighted by Gasteiger charge is 2.22. The molecule has 1 aliphatic rings. The Balaban J connectivity index is 1.69. The first-order chi connectivity index (χ1) is 12.8. The first kappa shape index (κ1) is 18.5. The minimum absolute atomic E-state index is 0.108. The molecule has 1 fully saturated rings. The highest BCUT2D eigenvalue weighted by atomic mass is 16.1. The fourth-order valence-corrected chi connectivity index (χ4v) is 3.49. The van der Waals surface area contributed by atoms with Gasteiger partial charge in [-0.2, -0.15) is 0 Å². The van der Waals surface area contributed by atoms with Gasteiger partial charge in [-0.3, -0.25) is 9.69 Å². The Morgan fingerprint density at radius 2 is 1.73 bits per heavy atom. The van der Waals surface area contributed by atoms with Crippen molar-refractivity contribution in [3.63, 3.8) is 0 Å². The van der Waals surface area contributed by atoms with Crippen LogP contribution in [0, 0.1) is 0 Å². The van der Waals surface area contributed by atoms with Crippen LogP contribution in [0.4, 0.5) is 0 Å². The van der Waals surface area contributed by atoms with Crippen molar-refractivity contribution in [1.82, 2.24) is 20.2 Å². The molecule has 0 bridgehead atoms. The molecule has 0 unspecified atom stereocenters. The average Bonchev–Trinajstić information content (AvgIpc) is 2.98. The topological polar surface area (TPSA) is 58.1 Å². The van der Waals surface area contributed by atoms with Crippen molar-refractivity contribution >= 4 is 5.91 Å². The van der Waals surface area contributed by atoms with E-state index in [0.29, 0.717) is 12.1 Å². The highest BCUT2D eigenvalue weighted by molar-refractivity contribution is 5.93. The van der Waals surface area contributed by atoms with Gasteiger partial charge < -0.3 is 5.32 Å². The van der Waals surface area contributed by atoms with Gasteiger partial charge in [0.05, 0.1) is 11.6 Å². The Morgan fingerprint density at radius 1 is 1.08 bits per heavy atom. The van der Waals surface area contributed by atoms with E-state index in [2.05, 4.69) is 44.5 Å². The smallest absolute Gasteiger partial charge is 0.254 e. The molecule has 2 aromatic rings. The van der Waals surface area contributed by atoms with Crippen molar-refractivity contribution in [2.75, 3.05) is 19.6 Å². The van der Waals surface area contributed by atoms with Crippen molar-refractivity contribution in [3.8, 4) is 0 Å². The van der Waals surface area contributed by atoms with Crippen LogP contribution in [0.1, 0.15) is 60.4 Å². The minimum Gasteiger partial charge on any atom is -0.350 e. The lowest BCUT2D eigenvalue weighted by Gasteiger charge is -2.31. The molecule has 1 aromatic heterocycles. The fraction of sp³-hybridized carbons (Fsp3) is 0.476. The molecule has 26 heavy (non-hydrogen) atoms. The number of likely N-dealkylation sites (tertiary alicyclic amines) is 1. The molecule has 3 rings (SSSR count). The summed E-state index contributed by atoms with van der Waals surface area (Å²) in [7, 11) is 0. The zero-order valence-corrected chi connectivity index (χ0v) is 15.5. The van der Waals surface area contributed by atoms with Gasteiger partial charge in [0.25, 0.3) is 5.91 Å². The lowest BCUT2D eigenvalue weighted by atomic mass is 10.0. The van der Waals surface area contributed by atoms with Gasteiger partial charge >= 0.3 is 0 Å². The predicted octanol–water partition coefficient (Wildman–Crippen LogP) is 3.39. The molecule has 2 heterocycles. The van der Waals surface area contributed by atoms with E-state index in [0.717, 1.165) is 25.3 Å². The summed E-state index contributed by atoms with van der Waals surface area (Å²) in [5.74, 6) is 0.650. The minimum atomic E-state index is -0.108. The van der Waals surface area contributed by atoms with Gasteiger partial charge in [0.2, 0.25) is 0 Å². The Kier molecular flexibility index (Phi) is 6.72. The molecular formula is C21H28N4O. The number of nitrogens with zero attached hydrogens (tertiary/aromatic N) is 3. The van der Waals surface area contributed by atoms with E-state index in [4.69, 9.17) is 0 Å². The van der Waals surface area contributed by atoms with Crippen LogP contribution in [0.3, 0.4) is 0 Å². The number of hydrogen-bond donors (Lipinski definition) is 1. The van der Waals surface area contributed by atoms with Crippen LogP contribution in [0.2, 0.25) is 0 Å². The molecule has 0 aliphatic carbocycles. The number of carbonyl (C=O) groups is 1. The number of aromatic nitrogens is 2. The Bertz CT molecular complexity index is 679. The molecule has 1 atom stereocenters. The van der Waals surface area contributed by atoms with Crippen molar-refractivity contribution in [2.45, 2.75) is 45.1 Å². The van der Waals surface area contributed by atoms with E-state index in [1.165, 1.54) is 31.2 Å². The molecule has 1 N–H and O–H groups in total. The number of hydrogen-bond acceptors (Lipinski definition) is 4. The Hall–Kier alpha value is -2.27. The number of rotatable bonds is 6. The molecule has 5 heteroatoms. The predicted molar refractivity (Wildman–Crippen MR) is 103 cm³/mol. The van der Waals surface area contributed by atoms with Crippen molar-refractivity contribution < 1.29 is 4.79 Å². The second kappa shape index (κ2) is 9.43. The van der Waals surface area contributed by atoms with Crippen LogP contribution >= 0.6 is 0 Å². The maximum absolute atomic E-state index is 12.5. The van der Waals surface area contributed by atoms with Gasteiger partial charge in [0.15, 0.2) is 0 Å². The molecule has 0 spiro atoms. The van der Waals surface area contributed by atoms with E-state index < -0.39 is 0 Å². The normalized spacial score (nSPS) is 16.7. The van der Waals surface area contributed by atoms with Gasteiger partial charge in [-0.1, -0.05) is 50.1 Å². The standard InChI is InChI=1S/C21H28N4O/c1-2-20-22-14-18(15-23-20)21(26)24-16-19(17-10-6-5-7-11-17)25-12-8-3-4-9-13-25/h5-7,10-11,14-15,19H,2-4,8-9,12-13,16H2,1H3,(H,24,26)/t19-/m0/s1. The van der Waals surface area contributed by atoms with Crippen molar-refractivity contribution in [3.05, 3.63) is 59.7 Å². The molecule has 138 valence electrons. The molecular weight excluding hydrogens is 324 g/mol. The fourth-order valence-electron chi connectivity index (χ4n) is 3.49. The van der Waals surface area contributed by atoms with Gasteiger partial charge in [-0.25, -0.2) is 9.97 Å². The quantitative estimate of drug-likeness (QED) is 0.866. The third-order valence-electron chi connectivity index (χ3n) is 5.01. The summed E-state index contributed by atoms with van der Waals surface area (Å²) >= 11 is 0. The van der Waals surface area contributed by atoms with E-state index in [1.54, 1.807) is 12.4 Å². The zero-order chi connectivity index (χ0) is 18.2. The van der Waals surface area contributed by atoms with Crippen LogP contribution in [0.5, 0.6) is 0 Å². The van der Waals surface area contributed by atoms with Crippen LogP contribution in [0.15, 0.2) is 42.7 Å². The Morgan fingerprint density at radius 3 is 2.35 bits per heavy atom. The largest absolute Gasteiger partial charge is 0.350 e. The zero-order valence-electron chi connectivity index (χ0n) is 15.5. The molecule has 0 saturated carbocycles. The summed E-state index contributed by atoms with van der Waals surface area (Å²) in [5.41, 5.74) is 1.78. The summed E-state index contributed by atoms with van der Waals surface area (Å²) in [6.07, 6.45) is 9.05. The van der Waals surface area contributed by atoms with Gasteiger partial charge in [-0.15, -0.1) is 0 Å². The van der Waals surface area contributed by atoms with E-state index in [-0.39, 0.29) is 11.9 Å². The second-order valence-electron chi connectivity index (χ2n) is 6.83. The summed E-state index contributed by atoms with van der Waals surface area (Å²) in [6.45, 7) is 4.77. The van der Waals surface area contributed by atoms with Crippen LogP contribution in [-0.2, 0) is 6.42 Å². The third kappa shape index (κ3) is 4.88. The first-order valence-electron chi connectivity index (χ1n) is 9.66. The van der Waals surface area contributed by atoms with Gasteiger partial charge in [0.1, 0.15) is 5.82 Å². The summed E-state index contributed by atoms with van der Waals surface area (Å²) < 4.78 is 0. The number of aryl methyl sites for hydroxylation is 1. The van der Waals surface area contributed by atoms with Crippen LogP contribution in [0.25, 0.3) is 0 Å². The molecule has 5 nitrogen and oxygen atoms in total. The number of carbonyl (C=O) groups excluding carboxylic acids is 1. The number of benzene rings is 1. The maximum Gasteiger partial charge on any atom is 0.254 e. The van der Waals surface area contributed by atoms with E-state index in [9.17, 15) is 4.79 Å².